The molecule has 2 fully saturated rings. The zero-order chi connectivity index (χ0) is 28.9. The minimum atomic E-state index is -4.93. The van der Waals surface area contributed by atoms with Crippen LogP contribution in [0.3, 0.4) is 0 Å². The Morgan fingerprint density at radius 3 is 2.42 bits per heavy atom. The normalized spacial score (nSPS) is 20.4. The van der Waals surface area contributed by atoms with E-state index in [1.54, 1.807) is 7.05 Å². The van der Waals surface area contributed by atoms with Crippen LogP contribution in [0.2, 0.25) is 0 Å². The smallest absolute Gasteiger partial charge is 0.508 e. The van der Waals surface area contributed by atoms with Crippen molar-refractivity contribution in [2.24, 2.45) is 11.8 Å². The average molecular weight is 568 g/mol. The molecule has 12 heteroatoms. The molecule has 1 saturated heterocycles. The summed E-state index contributed by atoms with van der Waals surface area (Å²) >= 11 is 0. The lowest BCUT2D eigenvalue weighted by Gasteiger charge is -2.38. The summed E-state index contributed by atoms with van der Waals surface area (Å²) in [5.41, 5.74) is 0.531. The van der Waals surface area contributed by atoms with E-state index in [-0.39, 0.29) is 84.7 Å². The number of carbonyl (C=O) groups is 2. The summed E-state index contributed by atoms with van der Waals surface area (Å²) in [4.78, 5) is 25.8. The number of rotatable bonds is 11. The van der Waals surface area contributed by atoms with E-state index in [9.17, 15) is 32.3 Å². The van der Waals surface area contributed by atoms with Crippen molar-refractivity contribution >= 4 is 11.8 Å². The number of fused-ring (bicyclic) bond motifs is 2. The van der Waals surface area contributed by atoms with Gasteiger partial charge in [-0.3, -0.25) is 9.59 Å². The van der Waals surface area contributed by atoms with E-state index in [1.807, 2.05) is 4.90 Å². The van der Waals surface area contributed by atoms with E-state index in [0.717, 1.165) is 31.0 Å². The number of benzene rings is 2. The molecule has 218 valence electrons. The predicted octanol–water partition coefficient (Wildman–Crippen LogP) is 3.97. The summed E-state index contributed by atoms with van der Waals surface area (Å²) in [6.07, 6.45) is -2.59. The lowest BCUT2D eigenvalue weighted by Crippen LogP contribution is -2.52. The number of amides is 2. The monoisotopic (exact) mass is 567 g/mol. The molecule has 2 aromatic carbocycles. The van der Waals surface area contributed by atoms with Crippen LogP contribution in [-0.4, -0.2) is 67.6 Å². The van der Waals surface area contributed by atoms with Gasteiger partial charge in [-0.05, 0) is 60.6 Å². The molecule has 8 nitrogen and oxygen atoms in total. The van der Waals surface area contributed by atoms with Gasteiger partial charge in [0.2, 0.25) is 11.8 Å². The molecule has 0 radical (unpaired) electrons. The molecule has 1 heterocycles. The number of halogens is 4. The van der Waals surface area contributed by atoms with Gasteiger partial charge in [-0.1, -0.05) is 6.07 Å². The van der Waals surface area contributed by atoms with Crippen LogP contribution < -0.4 is 15.4 Å². The molecule has 1 saturated carbocycles. The van der Waals surface area contributed by atoms with Crippen LogP contribution in [-0.2, 0) is 20.9 Å². The Hall–Kier alpha value is -3.38. The van der Waals surface area contributed by atoms with E-state index in [2.05, 4.69) is 15.4 Å². The Balaban J connectivity index is 1.35. The Morgan fingerprint density at radius 1 is 1.05 bits per heavy atom. The van der Waals surface area contributed by atoms with Gasteiger partial charge in [0.25, 0.3) is 0 Å². The molecule has 4 rings (SSSR count). The Morgan fingerprint density at radius 2 is 1.75 bits per heavy atom. The number of ether oxygens (including phenoxy) is 2. The number of phenolic OH excluding ortho intramolecular Hbond substituents is 1. The number of nitrogens with zero attached hydrogens (tertiary/aromatic N) is 1. The number of hydrogen-bond donors (Lipinski definition) is 3. The summed E-state index contributed by atoms with van der Waals surface area (Å²) in [6, 6.07) is 7.29. The number of carbonyl (C=O) groups excluding carboxylic acids is 2. The molecule has 2 aromatic rings. The Bertz CT molecular complexity index is 1190. The number of piperidine rings is 1. The fraction of sp³-hybridized carbons (Fsp3) is 0.500. The van der Waals surface area contributed by atoms with Gasteiger partial charge < -0.3 is 30.1 Å². The van der Waals surface area contributed by atoms with Crippen molar-refractivity contribution < 1.29 is 41.7 Å². The van der Waals surface area contributed by atoms with E-state index >= 15 is 0 Å². The van der Waals surface area contributed by atoms with E-state index < -0.39 is 17.9 Å². The standard InChI is InChI=1S/C28H33F4N3O5/c1-33-25(37)8-10-39-11-9-26(38)35-15-18-2-3-19(16-35)27(18)34-14-20-12-17(4-6-23(20)29)22-13-21(36)5-7-24(22)40-28(30,31)32/h4-7,12-13,18-19,27,34,36H,2-3,8-11,14-16H2,1H3,(H,33,37). The first-order chi connectivity index (χ1) is 19.0. The SMILES string of the molecule is CNC(=O)CCOCCC(=O)N1CC2CCC(C1)C2NCc1cc(-c2cc(O)ccc2OC(F)(F)F)ccc1F. The van der Waals surface area contributed by atoms with Crippen molar-refractivity contribution in [3.8, 4) is 22.6 Å². The van der Waals surface area contributed by atoms with Crippen molar-refractivity contribution in [3.05, 3.63) is 47.8 Å². The quantitative estimate of drug-likeness (QED) is 0.281. The highest BCUT2D eigenvalue weighted by atomic mass is 19.4. The van der Waals surface area contributed by atoms with Gasteiger partial charge in [-0.2, -0.15) is 0 Å². The fourth-order valence-electron chi connectivity index (χ4n) is 5.53. The van der Waals surface area contributed by atoms with Gasteiger partial charge in [0.05, 0.1) is 19.6 Å². The summed E-state index contributed by atoms with van der Waals surface area (Å²) < 4.78 is 62.9. The van der Waals surface area contributed by atoms with Gasteiger partial charge >= 0.3 is 6.36 Å². The number of likely N-dealkylation sites (tertiary alicyclic amines) is 1. The second-order valence-corrected chi connectivity index (χ2v) is 10.1. The van der Waals surface area contributed by atoms with Crippen LogP contribution in [0.4, 0.5) is 17.6 Å². The predicted molar refractivity (Wildman–Crippen MR) is 138 cm³/mol. The molecule has 2 amide bonds. The Kier molecular flexibility index (Phi) is 9.52. The number of alkyl halides is 3. The first-order valence-corrected chi connectivity index (χ1v) is 13.2. The molecule has 2 aliphatic rings. The molecule has 2 bridgehead atoms. The zero-order valence-electron chi connectivity index (χ0n) is 22.1. The van der Waals surface area contributed by atoms with Crippen LogP contribution in [0, 0.1) is 17.7 Å². The zero-order valence-corrected chi connectivity index (χ0v) is 22.1. The molecule has 40 heavy (non-hydrogen) atoms. The van der Waals surface area contributed by atoms with Crippen molar-refractivity contribution in [2.75, 3.05) is 33.4 Å². The molecule has 0 spiro atoms. The number of nitrogens with one attached hydrogen (secondary N) is 2. The van der Waals surface area contributed by atoms with Gasteiger partial charge in [0, 0.05) is 50.3 Å². The molecule has 3 N–H and O–H groups in total. The molecular formula is C28H33F4N3O5. The number of aromatic hydroxyl groups is 1. The second-order valence-electron chi connectivity index (χ2n) is 10.1. The molecule has 1 aliphatic heterocycles. The Labute approximate surface area is 229 Å². The minimum Gasteiger partial charge on any atom is -0.508 e. The van der Waals surface area contributed by atoms with Crippen molar-refractivity contribution in [1.29, 1.82) is 0 Å². The van der Waals surface area contributed by atoms with Crippen LogP contribution in [0.15, 0.2) is 36.4 Å². The lowest BCUT2D eigenvalue weighted by atomic mass is 9.91. The third-order valence-corrected chi connectivity index (χ3v) is 7.47. The van der Waals surface area contributed by atoms with Crippen LogP contribution in [0.5, 0.6) is 11.5 Å². The van der Waals surface area contributed by atoms with Crippen molar-refractivity contribution in [2.45, 2.75) is 44.6 Å². The van der Waals surface area contributed by atoms with Crippen LogP contribution >= 0.6 is 0 Å². The van der Waals surface area contributed by atoms with E-state index in [0.29, 0.717) is 13.1 Å². The molecule has 0 aromatic heterocycles. The lowest BCUT2D eigenvalue weighted by molar-refractivity contribution is -0.274. The van der Waals surface area contributed by atoms with Crippen molar-refractivity contribution in [1.82, 2.24) is 15.5 Å². The highest BCUT2D eigenvalue weighted by Gasteiger charge is 2.42. The fourth-order valence-corrected chi connectivity index (χ4v) is 5.53. The average Bonchev–Trinajstić information content (AvgIpc) is 3.14. The first kappa shape index (κ1) is 29.6. The summed E-state index contributed by atoms with van der Waals surface area (Å²) in [5.74, 6) is -0.988. The van der Waals surface area contributed by atoms with Gasteiger partial charge in [0.15, 0.2) is 0 Å². The highest BCUT2D eigenvalue weighted by Crippen LogP contribution is 2.39. The van der Waals surface area contributed by atoms with Crippen LogP contribution in [0.1, 0.15) is 31.2 Å². The third kappa shape index (κ3) is 7.63. The van der Waals surface area contributed by atoms with Gasteiger partial charge in [-0.25, -0.2) is 4.39 Å². The van der Waals surface area contributed by atoms with Crippen molar-refractivity contribution in [3.63, 3.8) is 0 Å². The highest BCUT2D eigenvalue weighted by molar-refractivity contribution is 5.77. The number of hydrogen-bond acceptors (Lipinski definition) is 6. The molecule has 2 unspecified atom stereocenters. The first-order valence-electron chi connectivity index (χ1n) is 13.2. The second kappa shape index (κ2) is 12.9. The largest absolute Gasteiger partial charge is 0.573 e. The third-order valence-electron chi connectivity index (χ3n) is 7.47. The van der Waals surface area contributed by atoms with Crippen LogP contribution in [0.25, 0.3) is 11.1 Å². The minimum absolute atomic E-state index is 0.00275. The topological polar surface area (TPSA) is 100 Å². The summed E-state index contributed by atoms with van der Waals surface area (Å²) in [7, 11) is 1.55. The number of phenols is 1. The summed E-state index contributed by atoms with van der Waals surface area (Å²) in [6.45, 7) is 1.81. The van der Waals surface area contributed by atoms with Gasteiger partial charge in [0.1, 0.15) is 17.3 Å². The molecule has 2 atom stereocenters. The molecule has 1 aliphatic carbocycles. The maximum Gasteiger partial charge on any atom is 0.573 e. The van der Waals surface area contributed by atoms with E-state index in [4.69, 9.17) is 4.74 Å². The molecular weight excluding hydrogens is 534 g/mol. The maximum absolute atomic E-state index is 14.7. The maximum atomic E-state index is 14.7. The van der Waals surface area contributed by atoms with E-state index in [1.165, 1.54) is 18.2 Å². The van der Waals surface area contributed by atoms with Gasteiger partial charge in [-0.15, -0.1) is 13.2 Å². The summed E-state index contributed by atoms with van der Waals surface area (Å²) in [5, 5.41) is 15.8.